The average molecular weight is 258 g/mol. The molecule has 0 spiro atoms. The first kappa shape index (κ1) is 12.1. The number of hydrogen-bond acceptors (Lipinski definition) is 0. The number of hydrogen-bond donors (Lipinski definition) is 0. The molecular weight excluding hydrogens is 243 g/mol. The van der Waals surface area contributed by atoms with E-state index in [-0.39, 0.29) is 17.0 Å². The predicted octanol–water partition coefficient (Wildman–Crippen LogP) is -0.0768. The van der Waals surface area contributed by atoms with E-state index in [4.69, 9.17) is 0 Å². The molecule has 2 heteroatoms. The monoisotopic (exact) mass is 256 g/mol. The second-order valence-corrected chi connectivity index (χ2v) is 10.7. The van der Waals surface area contributed by atoms with Gasteiger partial charge in [-0.3, -0.25) is 0 Å². The molecule has 0 saturated heterocycles. The minimum absolute atomic E-state index is 0. The van der Waals surface area contributed by atoms with Gasteiger partial charge in [-0.15, -0.1) is 0 Å². The summed E-state index contributed by atoms with van der Waals surface area (Å²) in [5.41, 5.74) is 0. The Morgan fingerprint density at radius 1 is 0.875 bits per heavy atom. The molecule has 0 rings (SSSR count). The molecule has 0 aromatic rings. The number of halogens is 1. The standard InChI is InChI=1S/3C2H5.BrH.Zr/c3*1-2;;/h3*1H2,2H3;1H;/q;;;;+1/p-1. The van der Waals surface area contributed by atoms with Crippen molar-refractivity contribution in [3.63, 3.8) is 0 Å². The van der Waals surface area contributed by atoms with E-state index in [1.165, 1.54) is 0 Å². The summed E-state index contributed by atoms with van der Waals surface area (Å²) in [5.74, 6) is 0. The predicted molar refractivity (Wildman–Crippen MR) is 31.4 cm³/mol. The second-order valence-electron chi connectivity index (χ2n) is 1.81. The van der Waals surface area contributed by atoms with Crippen molar-refractivity contribution in [3.05, 3.63) is 0 Å². The molecule has 0 bridgehead atoms. The second kappa shape index (κ2) is 8.36. The van der Waals surface area contributed by atoms with Crippen LogP contribution in [0.2, 0.25) is 12.4 Å². The van der Waals surface area contributed by atoms with Gasteiger partial charge in [-0.2, -0.15) is 0 Å². The third kappa shape index (κ3) is 5.50. The molecule has 0 heterocycles. The molecule has 0 aliphatic heterocycles. The van der Waals surface area contributed by atoms with Crippen LogP contribution >= 0.6 is 0 Å². The molecule has 50 valence electrons. The van der Waals surface area contributed by atoms with Crippen LogP contribution in [-0.2, 0) is 21.8 Å². The molecule has 0 amide bonds. The van der Waals surface area contributed by atoms with Gasteiger partial charge in [0.1, 0.15) is 0 Å². The first-order valence-electron chi connectivity index (χ1n) is 3.18. The summed E-state index contributed by atoms with van der Waals surface area (Å²) in [6, 6.07) is 0. The maximum absolute atomic E-state index is 2.35. The fourth-order valence-corrected chi connectivity index (χ4v) is 4.44. The third-order valence-corrected chi connectivity index (χ3v) is 8.87. The van der Waals surface area contributed by atoms with E-state index in [2.05, 4.69) is 20.8 Å². The van der Waals surface area contributed by atoms with Gasteiger partial charge in [0.15, 0.2) is 0 Å². The van der Waals surface area contributed by atoms with Crippen LogP contribution in [0.4, 0.5) is 0 Å². The van der Waals surface area contributed by atoms with Crippen LogP contribution in [-0.4, -0.2) is 0 Å². The smallest absolute Gasteiger partial charge is 1.00 e. The first-order valence-corrected chi connectivity index (χ1v) is 8.40. The SMILES string of the molecule is C[CH2][Zr+]([CH2]C)[CH2]C.[Br-]. The van der Waals surface area contributed by atoms with Crippen LogP contribution in [0.25, 0.3) is 0 Å². The van der Waals surface area contributed by atoms with E-state index < -0.39 is 21.8 Å². The Bertz CT molecular complexity index is 30.0. The number of rotatable bonds is 3. The van der Waals surface area contributed by atoms with Gasteiger partial charge in [-0.25, -0.2) is 0 Å². The zero-order valence-electron chi connectivity index (χ0n) is 6.00. The van der Waals surface area contributed by atoms with E-state index in [0.29, 0.717) is 0 Å². The maximum atomic E-state index is 2.35. The molecule has 0 nitrogen and oxygen atoms in total. The Balaban J connectivity index is 0. The summed E-state index contributed by atoms with van der Waals surface area (Å²) in [7, 11) is 0. The molecular formula is C6H15BrZr. The minimum atomic E-state index is -0.653. The van der Waals surface area contributed by atoms with Crippen molar-refractivity contribution in [2.45, 2.75) is 33.2 Å². The van der Waals surface area contributed by atoms with Crippen LogP contribution < -0.4 is 17.0 Å². The molecule has 0 fully saturated rings. The van der Waals surface area contributed by atoms with Crippen LogP contribution in [0.15, 0.2) is 0 Å². The summed E-state index contributed by atoms with van der Waals surface area (Å²) < 4.78 is 4.65. The Morgan fingerprint density at radius 2 is 1.12 bits per heavy atom. The van der Waals surface area contributed by atoms with Gasteiger partial charge in [0.2, 0.25) is 0 Å². The van der Waals surface area contributed by atoms with E-state index in [9.17, 15) is 0 Å². The molecule has 0 N–H and O–H groups in total. The van der Waals surface area contributed by atoms with Crippen LogP contribution in [0.1, 0.15) is 20.8 Å². The maximum Gasteiger partial charge on any atom is -1.00 e. The zero-order valence-corrected chi connectivity index (χ0v) is 10.0. The fraction of sp³-hybridized carbons (Fsp3) is 1.00. The Kier molecular flexibility index (Phi) is 12.6. The van der Waals surface area contributed by atoms with Crippen LogP contribution in [0, 0.1) is 0 Å². The van der Waals surface area contributed by atoms with E-state index >= 15 is 0 Å². The van der Waals surface area contributed by atoms with Crippen molar-refractivity contribution < 1.29 is 38.7 Å². The Hall–Kier alpha value is 1.36. The summed E-state index contributed by atoms with van der Waals surface area (Å²) in [6.07, 6.45) is 0. The summed E-state index contributed by atoms with van der Waals surface area (Å²) in [4.78, 5) is 0. The molecule has 8 heavy (non-hydrogen) atoms. The Labute approximate surface area is 71.5 Å². The van der Waals surface area contributed by atoms with Gasteiger partial charge in [0.05, 0.1) is 0 Å². The molecule has 0 radical (unpaired) electrons. The van der Waals surface area contributed by atoms with Crippen molar-refractivity contribution in [3.8, 4) is 0 Å². The molecule has 0 aromatic heterocycles. The van der Waals surface area contributed by atoms with E-state index in [1.54, 1.807) is 12.4 Å². The van der Waals surface area contributed by atoms with Gasteiger partial charge in [-0.1, -0.05) is 0 Å². The topological polar surface area (TPSA) is 0 Å². The third-order valence-electron chi connectivity index (χ3n) is 1.50. The Morgan fingerprint density at radius 3 is 1.12 bits per heavy atom. The van der Waals surface area contributed by atoms with Gasteiger partial charge in [-0.05, 0) is 0 Å². The van der Waals surface area contributed by atoms with Crippen molar-refractivity contribution in [1.29, 1.82) is 0 Å². The summed E-state index contributed by atoms with van der Waals surface area (Å²) in [5, 5.41) is 0. The minimum Gasteiger partial charge on any atom is -1.00 e. The van der Waals surface area contributed by atoms with Gasteiger partial charge in [0.25, 0.3) is 0 Å². The zero-order chi connectivity index (χ0) is 5.70. The molecule has 0 aliphatic carbocycles. The normalized spacial score (nSPS) is 7.88. The van der Waals surface area contributed by atoms with Gasteiger partial charge in [0, 0.05) is 0 Å². The largest absolute Gasteiger partial charge is 1.00 e. The fourth-order valence-electron chi connectivity index (χ4n) is 0.750. The molecule has 0 unspecified atom stereocenters. The van der Waals surface area contributed by atoms with Crippen molar-refractivity contribution >= 4 is 0 Å². The van der Waals surface area contributed by atoms with Crippen molar-refractivity contribution in [1.82, 2.24) is 0 Å². The summed E-state index contributed by atoms with van der Waals surface area (Å²) in [6.45, 7) is 7.05. The molecule has 0 atom stereocenters. The van der Waals surface area contributed by atoms with Crippen LogP contribution in [0.3, 0.4) is 0 Å². The van der Waals surface area contributed by atoms with E-state index in [0.717, 1.165) is 0 Å². The first-order chi connectivity index (χ1) is 3.35. The van der Waals surface area contributed by atoms with Gasteiger partial charge < -0.3 is 17.0 Å². The molecule has 0 saturated carbocycles. The average Bonchev–Trinajstić information content (AvgIpc) is 1.72. The van der Waals surface area contributed by atoms with Gasteiger partial charge >= 0.3 is 54.9 Å². The van der Waals surface area contributed by atoms with Crippen molar-refractivity contribution in [2.75, 3.05) is 0 Å². The van der Waals surface area contributed by atoms with E-state index in [1.807, 2.05) is 0 Å². The quantitative estimate of drug-likeness (QED) is 0.664. The van der Waals surface area contributed by atoms with Crippen molar-refractivity contribution in [2.24, 2.45) is 0 Å². The summed E-state index contributed by atoms with van der Waals surface area (Å²) >= 11 is -0.653. The van der Waals surface area contributed by atoms with Crippen LogP contribution in [0.5, 0.6) is 0 Å². The molecule has 0 aliphatic rings. The molecule has 0 aromatic carbocycles.